The van der Waals surface area contributed by atoms with E-state index in [-0.39, 0.29) is 0 Å². The first-order valence-electron chi connectivity index (χ1n) is 7.85. The monoisotopic (exact) mass is 326 g/mol. The number of carbonyl (C=O) groups excluding carboxylic acids is 1. The minimum atomic E-state index is 0.513. The van der Waals surface area contributed by atoms with Gasteiger partial charge in [0.05, 0.1) is 20.3 Å². The smallest absolute Gasteiger partial charge is 0.161 e. The van der Waals surface area contributed by atoms with Gasteiger partial charge in [-0.25, -0.2) is 0 Å². The molecule has 0 amide bonds. The Kier molecular flexibility index (Phi) is 6.90. The van der Waals surface area contributed by atoms with Crippen LogP contribution in [-0.2, 0) is 6.42 Å². The predicted molar refractivity (Wildman–Crippen MR) is 94.3 cm³/mol. The molecular weight excluding hydrogens is 304 g/mol. The SMILES string of the molecule is C=CCc1ccc(OCCCOc2cccc(C=O)c2)c(OC)c1. The topological polar surface area (TPSA) is 44.8 Å². The standard InChI is InChI=1S/C20H22O4/c1-3-6-16-9-10-19(20(14-16)22-2)24-12-5-11-23-18-8-4-7-17(13-18)15-21/h3-4,7-10,13-15H,1,5-6,11-12H2,2H3. The molecule has 0 aromatic heterocycles. The van der Waals surface area contributed by atoms with Crippen molar-refractivity contribution in [1.29, 1.82) is 0 Å². The van der Waals surface area contributed by atoms with Crippen LogP contribution in [0, 0.1) is 0 Å². The summed E-state index contributed by atoms with van der Waals surface area (Å²) in [5.41, 5.74) is 1.74. The van der Waals surface area contributed by atoms with E-state index in [0.717, 1.165) is 24.7 Å². The zero-order valence-electron chi connectivity index (χ0n) is 13.9. The van der Waals surface area contributed by atoms with Crippen molar-refractivity contribution in [3.8, 4) is 17.2 Å². The lowest BCUT2D eigenvalue weighted by molar-refractivity contribution is 0.112. The van der Waals surface area contributed by atoms with Crippen molar-refractivity contribution in [1.82, 2.24) is 0 Å². The second-order valence-corrected chi connectivity index (χ2v) is 5.22. The van der Waals surface area contributed by atoms with E-state index in [4.69, 9.17) is 14.2 Å². The Bertz CT molecular complexity index is 679. The molecule has 0 fully saturated rings. The summed E-state index contributed by atoms with van der Waals surface area (Å²) in [6, 6.07) is 13.0. The summed E-state index contributed by atoms with van der Waals surface area (Å²) in [6.45, 7) is 4.77. The summed E-state index contributed by atoms with van der Waals surface area (Å²) < 4.78 is 16.7. The largest absolute Gasteiger partial charge is 0.493 e. The Labute approximate surface area is 142 Å². The van der Waals surface area contributed by atoms with Crippen molar-refractivity contribution in [2.75, 3.05) is 20.3 Å². The molecule has 0 atom stereocenters. The van der Waals surface area contributed by atoms with Crippen LogP contribution in [0.5, 0.6) is 17.2 Å². The number of methoxy groups -OCH3 is 1. The third-order valence-electron chi connectivity index (χ3n) is 3.42. The Hall–Kier alpha value is -2.75. The number of ether oxygens (including phenoxy) is 3. The zero-order chi connectivity index (χ0) is 17.2. The first-order chi connectivity index (χ1) is 11.8. The fourth-order valence-corrected chi connectivity index (χ4v) is 2.23. The minimum absolute atomic E-state index is 0.513. The van der Waals surface area contributed by atoms with Crippen LogP contribution in [0.15, 0.2) is 55.1 Å². The van der Waals surface area contributed by atoms with Crippen molar-refractivity contribution in [2.24, 2.45) is 0 Å². The van der Waals surface area contributed by atoms with E-state index in [1.54, 1.807) is 25.3 Å². The molecule has 0 saturated carbocycles. The fourth-order valence-electron chi connectivity index (χ4n) is 2.23. The number of rotatable bonds is 10. The van der Waals surface area contributed by atoms with Crippen LogP contribution < -0.4 is 14.2 Å². The molecule has 0 aliphatic carbocycles. The van der Waals surface area contributed by atoms with Crippen LogP contribution >= 0.6 is 0 Å². The van der Waals surface area contributed by atoms with Gasteiger partial charge in [-0.2, -0.15) is 0 Å². The molecule has 0 bridgehead atoms. The first kappa shape index (κ1) is 17.6. The van der Waals surface area contributed by atoms with Crippen LogP contribution in [0.25, 0.3) is 0 Å². The molecule has 2 rings (SSSR count). The molecule has 0 N–H and O–H groups in total. The number of allylic oxidation sites excluding steroid dienone is 1. The zero-order valence-corrected chi connectivity index (χ0v) is 13.9. The summed E-state index contributed by atoms with van der Waals surface area (Å²) in [7, 11) is 1.63. The average Bonchev–Trinajstić information content (AvgIpc) is 2.62. The molecule has 0 unspecified atom stereocenters. The van der Waals surface area contributed by atoms with Crippen LogP contribution in [0.1, 0.15) is 22.3 Å². The highest BCUT2D eigenvalue weighted by atomic mass is 16.5. The van der Waals surface area contributed by atoms with Crippen molar-refractivity contribution in [2.45, 2.75) is 12.8 Å². The average molecular weight is 326 g/mol. The molecule has 4 heteroatoms. The highest BCUT2D eigenvalue weighted by Gasteiger charge is 2.05. The van der Waals surface area contributed by atoms with Gasteiger partial charge in [-0.3, -0.25) is 4.79 Å². The summed E-state index contributed by atoms with van der Waals surface area (Å²) >= 11 is 0. The van der Waals surface area contributed by atoms with E-state index in [1.165, 1.54) is 0 Å². The third-order valence-corrected chi connectivity index (χ3v) is 3.42. The molecule has 0 spiro atoms. The highest BCUT2D eigenvalue weighted by Crippen LogP contribution is 2.28. The quantitative estimate of drug-likeness (QED) is 0.375. The fraction of sp³-hybridized carbons (Fsp3) is 0.250. The molecule has 0 radical (unpaired) electrons. The summed E-state index contributed by atoms with van der Waals surface area (Å²) in [6.07, 6.45) is 4.18. The molecule has 0 aliphatic heterocycles. The lowest BCUT2D eigenvalue weighted by Gasteiger charge is -2.12. The van der Waals surface area contributed by atoms with Crippen LogP contribution in [0.4, 0.5) is 0 Å². The van der Waals surface area contributed by atoms with Crippen molar-refractivity contribution >= 4 is 6.29 Å². The lowest BCUT2D eigenvalue weighted by atomic mass is 10.1. The van der Waals surface area contributed by atoms with Crippen molar-refractivity contribution in [3.05, 3.63) is 66.2 Å². The molecule has 2 aromatic rings. The van der Waals surface area contributed by atoms with Crippen LogP contribution in [0.2, 0.25) is 0 Å². The van der Waals surface area contributed by atoms with Gasteiger partial charge in [-0.1, -0.05) is 24.3 Å². The lowest BCUT2D eigenvalue weighted by Crippen LogP contribution is -2.06. The summed E-state index contributed by atoms with van der Waals surface area (Å²) in [5.74, 6) is 2.12. The van der Waals surface area contributed by atoms with E-state index in [1.807, 2.05) is 30.3 Å². The Morgan fingerprint density at radius 2 is 1.88 bits per heavy atom. The Balaban J connectivity index is 1.79. The molecule has 0 heterocycles. The van der Waals surface area contributed by atoms with Gasteiger partial charge in [0.25, 0.3) is 0 Å². The van der Waals surface area contributed by atoms with Gasteiger partial charge in [-0.05, 0) is 36.2 Å². The van der Waals surface area contributed by atoms with Gasteiger partial charge in [-0.15, -0.1) is 6.58 Å². The van der Waals surface area contributed by atoms with E-state index in [9.17, 15) is 4.79 Å². The molecule has 0 saturated heterocycles. The number of carbonyl (C=O) groups is 1. The second-order valence-electron chi connectivity index (χ2n) is 5.22. The van der Waals surface area contributed by atoms with Gasteiger partial charge in [0, 0.05) is 12.0 Å². The van der Waals surface area contributed by atoms with E-state index in [2.05, 4.69) is 6.58 Å². The van der Waals surface area contributed by atoms with Crippen molar-refractivity contribution < 1.29 is 19.0 Å². The number of hydrogen-bond acceptors (Lipinski definition) is 4. The number of hydrogen-bond donors (Lipinski definition) is 0. The molecule has 4 nitrogen and oxygen atoms in total. The highest BCUT2D eigenvalue weighted by molar-refractivity contribution is 5.75. The number of aldehydes is 1. The van der Waals surface area contributed by atoms with Gasteiger partial charge in [0.1, 0.15) is 12.0 Å². The van der Waals surface area contributed by atoms with Crippen LogP contribution in [0.3, 0.4) is 0 Å². The van der Waals surface area contributed by atoms with E-state index in [0.29, 0.717) is 36.0 Å². The molecule has 0 aliphatic rings. The van der Waals surface area contributed by atoms with Crippen molar-refractivity contribution in [3.63, 3.8) is 0 Å². The first-order valence-corrected chi connectivity index (χ1v) is 7.85. The normalized spacial score (nSPS) is 10.0. The molecule has 126 valence electrons. The van der Waals surface area contributed by atoms with Crippen LogP contribution in [-0.4, -0.2) is 26.6 Å². The maximum Gasteiger partial charge on any atom is 0.161 e. The van der Waals surface area contributed by atoms with Gasteiger partial charge < -0.3 is 14.2 Å². The second kappa shape index (κ2) is 9.40. The molecule has 2 aromatic carbocycles. The number of benzene rings is 2. The Morgan fingerprint density at radius 1 is 1.04 bits per heavy atom. The minimum Gasteiger partial charge on any atom is -0.493 e. The van der Waals surface area contributed by atoms with E-state index >= 15 is 0 Å². The van der Waals surface area contributed by atoms with E-state index < -0.39 is 0 Å². The molecule has 24 heavy (non-hydrogen) atoms. The third kappa shape index (κ3) is 5.16. The maximum atomic E-state index is 10.7. The Morgan fingerprint density at radius 3 is 2.62 bits per heavy atom. The summed E-state index contributed by atoms with van der Waals surface area (Å²) in [4.78, 5) is 10.7. The predicted octanol–water partition coefficient (Wildman–Crippen LogP) is 4.08. The van der Waals surface area contributed by atoms with Gasteiger partial charge in [0.2, 0.25) is 0 Å². The maximum absolute atomic E-state index is 10.7. The molecular formula is C20H22O4. The van der Waals surface area contributed by atoms with Gasteiger partial charge in [0.15, 0.2) is 11.5 Å². The summed E-state index contributed by atoms with van der Waals surface area (Å²) in [5, 5.41) is 0. The van der Waals surface area contributed by atoms with Gasteiger partial charge >= 0.3 is 0 Å².